The van der Waals surface area contributed by atoms with Crippen molar-refractivity contribution in [3.8, 4) is 0 Å². The number of nitrogens with one attached hydrogen (secondary N) is 1. The first-order valence-corrected chi connectivity index (χ1v) is 9.21. The van der Waals surface area contributed by atoms with E-state index in [2.05, 4.69) is 51.4 Å². The normalized spacial score (nSPS) is 19.6. The number of carbonyl (C=O) groups excluding carboxylic acids is 1. The van der Waals surface area contributed by atoms with Crippen LogP contribution in [0.5, 0.6) is 0 Å². The van der Waals surface area contributed by atoms with E-state index in [-0.39, 0.29) is 11.8 Å². The maximum atomic E-state index is 11.2. The lowest BCUT2D eigenvalue weighted by atomic mass is 9.96. The van der Waals surface area contributed by atoms with Gasteiger partial charge in [-0.2, -0.15) is 0 Å². The summed E-state index contributed by atoms with van der Waals surface area (Å²) in [7, 11) is 2.08. The Labute approximate surface area is 150 Å². The van der Waals surface area contributed by atoms with Crippen LogP contribution in [0.25, 0.3) is 0 Å². The van der Waals surface area contributed by atoms with Crippen molar-refractivity contribution in [2.75, 3.05) is 33.2 Å². The van der Waals surface area contributed by atoms with Crippen LogP contribution in [0, 0.1) is 5.92 Å². The quantitative estimate of drug-likeness (QED) is 0.841. The third kappa shape index (κ3) is 4.95. The first-order chi connectivity index (χ1) is 12.1. The largest absolute Gasteiger partial charge is 0.369 e. The topological polar surface area (TPSA) is 74.0 Å². The molecule has 0 unspecified atom stereocenters. The van der Waals surface area contributed by atoms with E-state index in [4.69, 9.17) is 5.73 Å². The highest BCUT2D eigenvalue weighted by atomic mass is 16.1. The van der Waals surface area contributed by atoms with Crippen molar-refractivity contribution >= 4 is 11.9 Å². The number of rotatable bonds is 5. The molecule has 2 aliphatic rings. The summed E-state index contributed by atoms with van der Waals surface area (Å²) in [6.45, 7) is 5.61. The molecule has 1 fully saturated rings. The molecular formula is C19H29N5O. The zero-order valence-electron chi connectivity index (χ0n) is 15.1. The Balaban J connectivity index is 1.46. The zero-order valence-corrected chi connectivity index (χ0v) is 15.1. The first-order valence-electron chi connectivity index (χ1n) is 9.21. The smallest absolute Gasteiger partial charge is 0.220 e. The van der Waals surface area contributed by atoms with Gasteiger partial charge in [0.2, 0.25) is 5.91 Å². The van der Waals surface area contributed by atoms with Crippen molar-refractivity contribution in [3.63, 3.8) is 0 Å². The molecule has 3 N–H and O–H groups in total. The number of guanidine groups is 1. The van der Waals surface area contributed by atoms with Gasteiger partial charge in [0, 0.05) is 39.1 Å². The minimum absolute atomic E-state index is 0.0607. The van der Waals surface area contributed by atoms with Gasteiger partial charge in [0.25, 0.3) is 0 Å². The molecule has 0 aromatic heterocycles. The number of carbonyl (C=O) groups is 1. The fourth-order valence-electron chi connectivity index (χ4n) is 3.49. The van der Waals surface area contributed by atoms with E-state index in [1.54, 1.807) is 0 Å². The molecule has 0 aliphatic carbocycles. The second-order valence-electron chi connectivity index (χ2n) is 7.10. The minimum atomic E-state index is -0.148. The van der Waals surface area contributed by atoms with E-state index in [0.29, 0.717) is 0 Å². The highest BCUT2D eigenvalue weighted by Crippen LogP contribution is 2.18. The summed E-state index contributed by atoms with van der Waals surface area (Å²) < 4.78 is 0. The van der Waals surface area contributed by atoms with E-state index >= 15 is 0 Å². The highest BCUT2D eigenvalue weighted by Gasteiger charge is 2.22. The first kappa shape index (κ1) is 17.7. The predicted molar refractivity (Wildman–Crippen MR) is 100 cm³/mol. The average Bonchev–Trinajstić information content (AvgIpc) is 2.63. The van der Waals surface area contributed by atoms with Gasteiger partial charge >= 0.3 is 0 Å². The van der Waals surface area contributed by atoms with Gasteiger partial charge in [0.15, 0.2) is 5.96 Å². The van der Waals surface area contributed by atoms with Gasteiger partial charge in [-0.25, -0.2) is 0 Å². The summed E-state index contributed by atoms with van der Waals surface area (Å²) in [4.78, 5) is 20.3. The second kappa shape index (κ2) is 8.34. The van der Waals surface area contributed by atoms with Crippen molar-refractivity contribution in [1.82, 2.24) is 15.1 Å². The molecule has 2 heterocycles. The van der Waals surface area contributed by atoms with Crippen LogP contribution in [0.15, 0.2) is 29.3 Å². The van der Waals surface area contributed by atoms with E-state index in [1.807, 2.05) is 0 Å². The molecule has 0 spiro atoms. The van der Waals surface area contributed by atoms with Crippen molar-refractivity contribution in [1.29, 1.82) is 0 Å². The van der Waals surface area contributed by atoms with Crippen LogP contribution in [0.2, 0.25) is 0 Å². The predicted octanol–water partition coefficient (Wildman–Crippen LogP) is 1.17. The monoisotopic (exact) mass is 343 g/mol. The van der Waals surface area contributed by atoms with E-state index in [9.17, 15) is 4.79 Å². The fraction of sp³-hybridized carbons (Fsp3) is 0.579. The molecule has 1 saturated heterocycles. The molecule has 0 bridgehead atoms. The van der Waals surface area contributed by atoms with Gasteiger partial charge in [-0.05, 0) is 43.5 Å². The number of likely N-dealkylation sites (tertiary alicyclic amines) is 1. The van der Waals surface area contributed by atoms with Crippen LogP contribution in [0.1, 0.15) is 30.4 Å². The summed E-state index contributed by atoms with van der Waals surface area (Å²) in [5.74, 6) is 0.905. The third-order valence-corrected chi connectivity index (χ3v) is 5.14. The van der Waals surface area contributed by atoms with Crippen LogP contribution in [-0.4, -0.2) is 54.9 Å². The number of amides is 1. The molecule has 6 nitrogen and oxygen atoms in total. The van der Waals surface area contributed by atoms with Crippen LogP contribution >= 0.6 is 0 Å². The molecule has 0 atom stereocenters. The SMILES string of the molecule is CN1CCCN=C1NCc1ccc(CN2CCC(C(N)=O)CC2)cc1. The fourth-order valence-corrected chi connectivity index (χ4v) is 3.49. The lowest BCUT2D eigenvalue weighted by Crippen LogP contribution is -2.41. The van der Waals surface area contributed by atoms with Crippen molar-refractivity contribution < 1.29 is 4.79 Å². The maximum Gasteiger partial charge on any atom is 0.220 e. The van der Waals surface area contributed by atoms with Gasteiger partial charge in [-0.1, -0.05) is 24.3 Å². The molecule has 25 heavy (non-hydrogen) atoms. The van der Waals surface area contributed by atoms with Crippen molar-refractivity contribution in [3.05, 3.63) is 35.4 Å². The molecule has 1 amide bonds. The number of nitrogens with two attached hydrogens (primary N) is 1. The number of hydrogen-bond donors (Lipinski definition) is 2. The Morgan fingerprint density at radius 1 is 1.20 bits per heavy atom. The van der Waals surface area contributed by atoms with Crippen molar-refractivity contribution in [2.45, 2.75) is 32.4 Å². The Morgan fingerprint density at radius 2 is 1.88 bits per heavy atom. The summed E-state index contributed by atoms with van der Waals surface area (Å²) in [6, 6.07) is 8.76. The molecule has 1 aromatic carbocycles. The van der Waals surface area contributed by atoms with E-state index in [1.165, 1.54) is 11.1 Å². The minimum Gasteiger partial charge on any atom is -0.369 e. The molecule has 0 saturated carbocycles. The Morgan fingerprint density at radius 3 is 2.52 bits per heavy atom. The number of benzene rings is 1. The lowest BCUT2D eigenvalue weighted by molar-refractivity contribution is -0.123. The standard InChI is InChI=1S/C19H29N5O/c1-23-10-2-9-21-19(23)22-13-15-3-5-16(6-4-15)14-24-11-7-17(8-12-24)18(20)25/h3-6,17H,2,7-14H2,1H3,(H2,20,25)(H,21,22). The van der Waals surface area contributed by atoms with E-state index in [0.717, 1.165) is 64.5 Å². The second-order valence-corrected chi connectivity index (χ2v) is 7.10. The number of nitrogens with zero attached hydrogens (tertiary/aromatic N) is 3. The van der Waals surface area contributed by atoms with Crippen LogP contribution < -0.4 is 11.1 Å². The Hall–Kier alpha value is -2.08. The number of hydrogen-bond acceptors (Lipinski definition) is 5. The molecule has 2 aliphatic heterocycles. The molecule has 136 valence electrons. The zero-order chi connectivity index (χ0) is 17.6. The average molecular weight is 343 g/mol. The van der Waals surface area contributed by atoms with Crippen LogP contribution in [0.4, 0.5) is 0 Å². The third-order valence-electron chi connectivity index (χ3n) is 5.14. The molecule has 0 radical (unpaired) electrons. The highest BCUT2D eigenvalue weighted by molar-refractivity contribution is 5.80. The number of primary amides is 1. The summed E-state index contributed by atoms with van der Waals surface area (Å²) in [5, 5.41) is 3.43. The summed E-state index contributed by atoms with van der Waals surface area (Å²) in [5.41, 5.74) is 7.97. The lowest BCUT2D eigenvalue weighted by Gasteiger charge is -2.30. The maximum absolute atomic E-state index is 11.2. The van der Waals surface area contributed by atoms with Crippen molar-refractivity contribution in [2.24, 2.45) is 16.6 Å². The van der Waals surface area contributed by atoms with Gasteiger partial charge in [0.1, 0.15) is 0 Å². The molecule has 3 rings (SSSR count). The van der Waals surface area contributed by atoms with Gasteiger partial charge in [-0.15, -0.1) is 0 Å². The van der Waals surface area contributed by atoms with Gasteiger partial charge in [0.05, 0.1) is 0 Å². The Kier molecular flexibility index (Phi) is 5.91. The molecule has 1 aromatic rings. The number of aliphatic imine (C=N–C) groups is 1. The summed E-state index contributed by atoms with van der Waals surface area (Å²) >= 11 is 0. The molecule has 6 heteroatoms. The van der Waals surface area contributed by atoms with Crippen LogP contribution in [-0.2, 0) is 17.9 Å². The van der Waals surface area contributed by atoms with Gasteiger partial charge < -0.3 is 16.0 Å². The van der Waals surface area contributed by atoms with Gasteiger partial charge in [-0.3, -0.25) is 14.7 Å². The van der Waals surface area contributed by atoms with Crippen LogP contribution in [0.3, 0.4) is 0 Å². The van der Waals surface area contributed by atoms with E-state index < -0.39 is 0 Å². The summed E-state index contributed by atoms with van der Waals surface area (Å²) in [6.07, 6.45) is 2.90. The molecular weight excluding hydrogens is 314 g/mol. The number of piperidine rings is 1. The Bertz CT molecular complexity index is 605.